The molecule has 0 N–H and O–H groups in total. The molecule has 0 aromatic heterocycles. The SMILES string of the molecule is CCCOC1(Cl)OC1C. The van der Waals surface area contributed by atoms with Gasteiger partial charge in [-0.05, 0) is 13.3 Å². The van der Waals surface area contributed by atoms with Crippen LogP contribution < -0.4 is 0 Å². The molecule has 54 valence electrons. The van der Waals surface area contributed by atoms with E-state index < -0.39 is 5.25 Å². The Kier molecular flexibility index (Phi) is 1.99. The van der Waals surface area contributed by atoms with Crippen molar-refractivity contribution in [3.05, 3.63) is 0 Å². The Balaban J connectivity index is 2.13. The lowest BCUT2D eigenvalue weighted by atomic mass is 10.5. The van der Waals surface area contributed by atoms with Crippen molar-refractivity contribution in [2.24, 2.45) is 0 Å². The Bertz CT molecular complexity index is 107. The first-order chi connectivity index (χ1) is 4.19. The zero-order valence-electron chi connectivity index (χ0n) is 5.69. The Hall–Kier alpha value is 0.210. The van der Waals surface area contributed by atoms with Crippen molar-refractivity contribution in [3.8, 4) is 0 Å². The molecule has 0 amide bonds. The Morgan fingerprint density at radius 3 is 2.67 bits per heavy atom. The molecule has 1 aliphatic rings. The molecule has 0 bridgehead atoms. The summed E-state index contributed by atoms with van der Waals surface area (Å²) in [6, 6.07) is 0. The van der Waals surface area contributed by atoms with Crippen molar-refractivity contribution in [2.45, 2.75) is 31.6 Å². The zero-order valence-corrected chi connectivity index (χ0v) is 6.44. The second-order valence-electron chi connectivity index (χ2n) is 2.19. The lowest BCUT2D eigenvalue weighted by molar-refractivity contribution is 0.0185. The minimum Gasteiger partial charge on any atom is -0.335 e. The fourth-order valence-electron chi connectivity index (χ4n) is 0.600. The van der Waals surface area contributed by atoms with Crippen LogP contribution in [0.1, 0.15) is 20.3 Å². The average molecular weight is 151 g/mol. The molecular formula is C6H11ClO2. The van der Waals surface area contributed by atoms with E-state index in [0.717, 1.165) is 6.42 Å². The third-order valence-corrected chi connectivity index (χ3v) is 1.77. The molecule has 0 spiro atoms. The van der Waals surface area contributed by atoms with Crippen LogP contribution in [0.25, 0.3) is 0 Å². The second-order valence-corrected chi connectivity index (χ2v) is 2.72. The Morgan fingerprint density at radius 1 is 1.78 bits per heavy atom. The summed E-state index contributed by atoms with van der Waals surface area (Å²) in [4.78, 5) is 0. The van der Waals surface area contributed by atoms with E-state index in [1.165, 1.54) is 0 Å². The molecule has 1 fully saturated rings. The van der Waals surface area contributed by atoms with E-state index in [1.54, 1.807) is 0 Å². The quantitative estimate of drug-likeness (QED) is 0.452. The van der Waals surface area contributed by atoms with Gasteiger partial charge in [0.15, 0.2) is 0 Å². The highest BCUT2D eigenvalue weighted by Crippen LogP contribution is 2.41. The van der Waals surface area contributed by atoms with Gasteiger partial charge in [0.1, 0.15) is 6.10 Å². The summed E-state index contributed by atoms with van der Waals surface area (Å²) in [6.07, 6.45) is 1.04. The van der Waals surface area contributed by atoms with Crippen LogP contribution in [0, 0.1) is 0 Å². The lowest BCUT2D eigenvalue weighted by Crippen LogP contribution is -2.10. The summed E-state index contributed by atoms with van der Waals surface area (Å²) in [5.41, 5.74) is 0. The normalized spacial score (nSPS) is 41.0. The van der Waals surface area contributed by atoms with E-state index >= 15 is 0 Å². The fourth-order valence-corrected chi connectivity index (χ4v) is 0.810. The van der Waals surface area contributed by atoms with Crippen molar-refractivity contribution in [1.29, 1.82) is 0 Å². The molecule has 0 aromatic rings. The van der Waals surface area contributed by atoms with Crippen molar-refractivity contribution >= 4 is 11.6 Å². The number of ether oxygens (including phenoxy) is 2. The van der Waals surface area contributed by atoms with Gasteiger partial charge in [-0.15, -0.1) is 0 Å². The highest BCUT2D eigenvalue weighted by Gasteiger charge is 2.53. The van der Waals surface area contributed by atoms with Crippen LogP contribution in [0.3, 0.4) is 0 Å². The number of rotatable bonds is 3. The number of halogens is 1. The maximum absolute atomic E-state index is 5.73. The topological polar surface area (TPSA) is 21.8 Å². The van der Waals surface area contributed by atoms with Gasteiger partial charge in [-0.3, -0.25) is 0 Å². The summed E-state index contributed by atoms with van der Waals surface area (Å²) in [6.45, 7) is 4.60. The molecular weight excluding hydrogens is 140 g/mol. The van der Waals surface area contributed by atoms with E-state index in [0.29, 0.717) is 6.61 Å². The van der Waals surface area contributed by atoms with Gasteiger partial charge in [-0.1, -0.05) is 18.5 Å². The minimum absolute atomic E-state index is 0.0608. The molecule has 1 heterocycles. The molecule has 3 heteroatoms. The van der Waals surface area contributed by atoms with Crippen LogP contribution in [0.4, 0.5) is 0 Å². The third-order valence-electron chi connectivity index (χ3n) is 1.27. The maximum atomic E-state index is 5.73. The van der Waals surface area contributed by atoms with E-state index in [1.807, 2.05) is 13.8 Å². The molecule has 0 aliphatic carbocycles. The van der Waals surface area contributed by atoms with E-state index in [-0.39, 0.29) is 6.10 Å². The van der Waals surface area contributed by atoms with Crippen LogP contribution in [0.5, 0.6) is 0 Å². The van der Waals surface area contributed by atoms with Crippen LogP contribution in [0.2, 0.25) is 0 Å². The molecule has 2 unspecified atom stereocenters. The van der Waals surface area contributed by atoms with Crippen LogP contribution in [-0.4, -0.2) is 18.0 Å². The standard InChI is InChI=1S/C6H11ClO2/c1-3-4-8-6(7)5(2)9-6/h5H,3-4H2,1-2H3. The zero-order chi connectivity index (χ0) is 6.91. The first-order valence-corrected chi connectivity index (χ1v) is 3.57. The van der Waals surface area contributed by atoms with Gasteiger partial charge in [0.25, 0.3) is 5.25 Å². The number of epoxide rings is 1. The highest BCUT2D eigenvalue weighted by molar-refractivity contribution is 6.23. The number of hydrogen-bond donors (Lipinski definition) is 0. The molecule has 1 saturated heterocycles. The van der Waals surface area contributed by atoms with Crippen molar-refractivity contribution < 1.29 is 9.47 Å². The summed E-state index contributed by atoms with van der Waals surface area (Å²) < 4.78 is 10.1. The van der Waals surface area contributed by atoms with Crippen molar-refractivity contribution in [2.75, 3.05) is 6.61 Å². The van der Waals surface area contributed by atoms with Crippen LogP contribution in [-0.2, 0) is 9.47 Å². The summed E-state index contributed by atoms with van der Waals surface area (Å²) >= 11 is 5.73. The van der Waals surface area contributed by atoms with Gasteiger partial charge in [-0.2, -0.15) is 0 Å². The highest BCUT2D eigenvalue weighted by atomic mass is 35.5. The lowest BCUT2D eigenvalue weighted by Gasteiger charge is -2.02. The largest absolute Gasteiger partial charge is 0.335 e. The predicted molar refractivity (Wildman–Crippen MR) is 35.4 cm³/mol. The molecule has 9 heavy (non-hydrogen) atoms. The van der Waals surface area contributed by atoms with Crippen molar-refractivity contribution in [3.63, 3.8) is 0 Å². The molecule has 1 aliphatic heterocycles. The van der Waals surface area contributed by atoms with Gasteiger partial charge in [-0.25, -0.2) is 0 Å². The predicted octanol–water partition coefficient (Wildman–Crippen LogP) is 1.72. The van der Waals surface area contributed by atoms with E-state index in [2.05, 4.69) is 0 Å². The summed E-state index contributed by atoms with van der Waals surface area (Å²) in [5, 5.41) is -0.768. The van der Waals surface area contributed by atoms with Crippen LogP contribution >= 0.6 is 11.6 Å². The second kappa shape index (κ2) is 2.45. The monoisotopic (exact) mass is 150 g/mol. The van der Waals surface area contributed by atoms with Crippen LogP contribution in [0.15, 0.2) is 0 Å². The summed E-state index contributed by atoms with van der Waals surface area (Å²) in [7, 11) is 0. The smallest absolute Gasteiger partial charge is 0.276 e. The third kappa shape index (κ3) is 1.57. The maximum Gasteiger partial charge on any atom is 0.276 e. The summed E-state index contributed by atoms with van der Waals surface area (Å²) in [5.74, 6) is 0. The van der Waals surface area contributed by atoms with Gasteiger partial charge >= 0.3 is 0 Å². The number of alkyl halides is 1. The minimum atomic E-state index is -0.768. The van der Waals surface area contributed by atoms with Gasteiger partial charge in [0.2, 0.25) is 0 Å². The Labute approximate surface area is 60.1 Å². The molecule has 0 aromatic carbocycles. The Morgan fingerprint density at radius 2 is 2.33 bits per heavy atom. The molecule has 2 nitrogen and oxygen atoms in total. The van der Waals surface area contributed by atoms with Crippen molar-refractivity contribution in [1.82, 2.24) is 0 Å². The van der Waals surface area contributed by atoms with Gasteiger partial charge in [0, 0.05) is 0 Å². The molecule has 0 radical (unpaired) electrons. The van der Waals surface area contributed by atoms with Gasteiger partial charge < -0.3 is 9.47 Å². The van der Waals surface area contributed by atoms with E-state index in [4.69, 9.17) is 21.1 Å². The molecule has 0 saturated carbocycles. The fraction of sp³-hybridized carbons (Fsp3) is 1.00. The average Bonchev–Trinajstić information content (AvgIpc) is 2.38. The molecule has 2 atom stereocenters. The molecule has 1 rings (SSSR count). The van der Waals surface area contributed by atoms with E-state index in [9.17, 15) is 0 Å². The first-order valence-electron chi connectivity index (χ1n) is 3.19. The van der Waals surface area contributed by atoms with Gasteiger partial charge in [0.05, 0.1) is 6.61 Å². The first kappa shape index (κ1) is 7.32. The number of hydrogen-bond acceptors (Lipinski definition) is 2.